The molecule has 1 amide bonds. The summed E-state index contributed by atoms with van der Waals surface area (Å²) < 4.78 is 0. The van der Waals surface area contributed by atoms with Gasteiger partial charge in [0.25, 0.3) is 5.91 Å². The molecule has 1 rings (SSSR count). The predicted octanol–water partition coefficient (Wildman–Crippen LogP) is 2.16. The molecule has 0 saturated carbocycles. The molecule has 3 nitrogen and oxygen atoms in total. The second-order valence-corrected chi connectivity index (χ2v) is 5.68. The molecular weight excluding hydrogens is 240 g/mol. The van der Waals surface area contributed by atoms with Gasteiger partial charge < -0.3 is 11.1 Å². The Balaban J connectivity index is 2.62. The fourth-order valence-corrected chi connectivity index (χ4v) is 2.52. The van der Waals surface area contributed by atoms with E-state index < -0.39 is 0 Å². The van der Waals surface area contributed by atoms with Crippen molar-refractivity contribution in [3.63, 3.8) is 0 Å². The highest BCUT2D eigenvalue weighted by molar-refractivity contribution is 7.80. The molecule has 0 aliphatic heterocycles. The van der Waals surface area contributed by atoms with Gasteiger partial charge in [-0.3, -0.25) is 4.79 Å². The summed E-state index contributed by atoms with van der Waals surface area (Å²) in [5.74, 6) is -0.0510. The van der Waals surface area contributed by atoms with Crippen molar-refractivity contribution in [2.75, 3.05) is 0 Å². The molecule has 1 aromatic heterocycles. The molecule has 0 radical (unpaired) electrons. The lowest BCUT2D eigenvalue weighted by atomic mass is 10.2. The number of amides is 1. The van der Waals surface area contributed by atoms with E-state index in [9.17, 15) is 4.79 Å². The molecule has 1 heterocycles. The lowest BCUT2D eigenvalue weighted by Crippen LogP contribution is -2.34. The van der Waals surface area contributed by atoms with Gasteiger partial charge in [-0.05, 0) is 32.4 Å². The van der Waals surface area contributed by atoms with E-state index in [1.54, 1.807) is 0 Å². The predicted molar refractivity (Wildman–Crippen MR) is 72.1 cm³/mol. The summed E-state index contributed by atoms with van der Waals surface area (Å²) in [6, 6.07) is 1.88. The summed E-state index contributed by atoms with van der Waals surface area (Å²) in [5, 5.41) is 2.87. The van der Waals surface area contributed by atoms with Crippen LogP contribution in [0.3, 0.4) is 0 Å². The number of carbonyl (C=O) groups is 1. The third-order valence-electron chi connectivity index (χ3n) is 2.27. The largest absolute Gasteiger partial charge is 0.393 e. The van der Waals surface area contributed by atoms with Crippen LogP contribution in [0.5, 0.6) is 0 Å². The Kier molecular flexibility index (Phi) is 4.44. The second-order valence-electron chi connectivity index (χ2n) is 3.89. The molecule has 5 heteroatoms. The van der Waals surface area contributed by atoms with Crippen LogP contribution in [0.25, 0.3) is 0 Å². The van der Waals surface area contributed by atoms with Crippen molar-refractivity contribution < 1.29 is 4.79 Å². The van der Waals surface area contributed by atoms with Crippen molar-refractivity contribution in [3.05, 3.63) is 21.4 Å². The zero-order chi connectivity index (χ0) is 12.3. The minimum Gasteiger partial charge on any atom is -0.393 e. The Hall–Kier alpha value is -0.940. The molecule has 1 aromatic rings. The van der Waals surface area contributed by atoms with Crippen LogP contribution in [0.15, 0.2) is 6.07 Å². The van der Waals surface area contributed by atoms with Crippen LogP contribution in [0.2, 0.25) is 0 Å². The normalized spacial score (nSPS) is 12.2. The van der Waals surface area contributed by atoms with Crippen molar-refractivity contribution >= 4 is 34.5 Å². The van der Waals surface area contributed by atoms with Gasteiger partial charge in [-0.25, -0.2) is 0 Å². The average Bonchev–Trinajstić information content (AvgIpc) is 2.45. The first-order valence-corrected chi connectivity index (χ1v) is 6.29. The average molecular weight is 256 g/mol. The second kappa shape index (κ2) is 5.41. The number of thiophene rings is 1. The Labute approximate surface area is 105 Å². The van der Waals surface area contributed by atoms with Gasteiger partial charge in [-0.1, -0.05) is 12.2 Å². The highest BCUT2D eigenvalue weighted by Crippen LogP contribution is 2.20. The number of rotatable bonds is 4. The molecule has 3 N–H and O–H groups in total. The Morgan fingerprint density at radius 2 is 2.25 bits per heavy atom. The van der Waals surface area contributed by atoms with E-state index in [0.717, 1.165) is 10.4 Å². The molecule has 0 bridgehead atoms. The molecular formula is C11H16N2OS2. The lowest BCUT2D eigenvalue weighted by molar-refractivity contribution is 0.0945. The van der Waals surface area contributed by atoms with E-state index in [1.165, 1.54) is 16.2 Å². The zero-order valence-electron chi connectivity index (χ0n) is 9.66. The fourth-order valence-electron chi connectivity index (χ4n) is 1.33. The number of carbonyl (C=O) groups excluding carboxylic acids is 1. The highest BCUT2D eigenvalue weighted by atomic mass is 32.1. The van der Waals surface area contributed by atoms with Crippen LogP contribution >= 0.6 is 23.6 Å². The number of hydrogen-bond acceptors (Lipinski definition) is 3. The molecule has 16 heavy (non-hydrogen) atoms. The van der Waals surface area contributed by atoms with Gasteiger partial charge in [-0.15, -0.1) is 11.3 Å². The number of thiocarbonyl (C=S) groups is 1. The summed E-state index contributed by atoms with van der Waals surface area (Å²) in [5.41, 5.74) is 6.57. The minimum atomic E-state index is -0.0510. The van der Waals surface area contributed by atoms with E-state index in [1.807, 2.05) is 26.8 Å². The topological polar surface area (TPSA) is 55.1 Å². The number of nitrogens with one attached hydrogen (secondary N) is 1. The zero-order valence-corrected chi connectivity index (χ0v) is 11.3. The summed E-state index contributed by atoms with van der Waals surface area (Å²) >= 11 is 6.30. The quantitative estimate of drug-likeness (QED) is 0.812. The fraction of sp³-hybridized carbons (Fsp3) is 0.455. The molecule has 0 aromatic carbocycles. The van der Waals surface area contributed by atoms with Crippen molar-refractivity contribution in [1.82, 2.24) is 5.32 Å². The first-order chi connectivity index (χ1) is 7.40. The van der Waals surface area contributed by atoms with E-state index in [-0.39, 0.29) is 11.9 Å². The van der Waals surface area contributed by atoms with Gasteiger partial charge in [0.05, 0.1) is 9.87 Å². The van der Waals surface area contributed by atoms with E-state index in [0.29, 0.717) is 11.4 Å². The summed E-state index contributed by atoms with van der Waals surface area (Å²) in [6.45, 7) is 5.90. The smallest absolute Gasteiger partial charge is 0.261 e. The number of aryl methyl sites for hydroxylation is 2. The van der Waals surface area contributed by atoms with Gasteiger partial charge >= 0.3 is 0 Å². The summed E-state index contributed by atoms with van der Waals surface area (Å²) in [7, 11) is 0. The van der Waals surface area contributed by atoms with Crippen molar-refractivity contribution in [2.45, 2.75) is 33.2 Å². The Morgan fingerprint density at radius 3 is 2.69 bits per heavy atom. The third-order valence-corrected chi connectivity index (χ3v) is 3.59. The van der Waals surface area contributed by atoms with Gasteiger partial charge in [0.1, 0.15) is 0 Å². The molecule has 0 aliphatic rings. The number of nitrogens with two attached hydrogens (primary N) is 1. The number of hydrogen-bond donors (Lipinski definition) is 2. The van der Waals surface area contributed by atoms with Crippen LogP contribution < -0.4 is 11.1 Å². The van der Waals surface area contributed by atoms with Crippen LogP contribution in [0, 0.1) is 13.8 Å². The van der Waals surface area contributed by atoms with Crippen LogP contribution in [0.1, 0.15) is 33.5 Å². The monoisotopic (exact) mass is 256 g/mol. The van der Waals surface area contributed by atoms with Crippen molar-refractivity contribution in [3.8, 4) is 0 Å². The SMILES string of the molecule is Cc1cc(C(=O)NC(C)CC(N)=S)sc1C. The molecule has 0 fully saturated rings. The van der Waals surface area contributed by atoms with E-state index in [2.05, 4.69) is 5.32 Å². The standard InChI is InChI=1S/C11H16N2OS2/c1-6-4-9(16-8(6)3)11(14)13-7(2)5-10(12)15/h4,7H,5H2,1-3H3,(H2,12,15)(H,13,14). The molecule has 0 spiro atoms. The maximum atomic E-state index is 11.8. The van der Waals surface area contributed by atoms with Crippen LogP contribution in [0.4, 0.5) is 0 Å². The van der Waals surface area contributed by atoms with Gasteiger partial charge in [-0.2, -0.15) is 0 Å². The van der Waals surface area contributed by atoms with Crippen LogP contribution in [-0.2, 0) is 0 Å². The van der Waals surface area contributed by atoms with Crippen molar-refractivity contribution in [2.24, 2.45) is 5.73 Å². The maximum absolute atomic E-state index is 11.8. The molecule has 0 saturated heterocycles. The van der Waals surface area contributed by atoms with Crippen molar-refractivity contribution in [1.29, 1.82) is 0 Å². The first-order valence-electron chi connectivity index (χ1n) is 5.06. The maximum Gasteiger partial charge on any atom is 0.261 e. The van der Waals surface area contributed by atoms with Gasteiger partial charge in [0.15, 0.2) is 0 Å². The van der Waals surface area contributed by atoms with Gasteiger partial charge in [0, 0.05) is 17.3 Å². The molecule has 88 valence electrons. The third kappa shape index (κ3) is 3.57. The highest BCUT2D eigenvalue weighted by Gasteiger charge is 2.13. The molecule has 0 aliphatic carbocycles. The first kappa shape index (κ1) is 13.1. The lowest BCUT2D eigenvalue weighted by Gasteiger charge is -2.11. The molecule has 1 unspecified atom stereocenters. The van der Waals surface area contributed by atoms with Crippen LogP contribution in [-0.4, -0.2) is 16.9 Å². The summed E-state index contributed by atoms with van der Waals surface area (Å²) in [4.78, 5) is 14.2. The Morgan fingerprint density at radius 1 is 1.62 bits per heavy atom. The van der Waals surface area contributed by atoms with E-state index in [4.69, 9.17) is 18.0 Å². The van der Waals surface area contributed by atoms with E-state index >= 15 is 0 Å². The molecule has 1 atom stereocenters. The van der Waals surface area contributed by atoms with Gasteiger partial charge in [0.2, 0.25) is 0 Å². The minimum absolute atomic E-state index is 0.0206. The summed E-state index contributed by atoms with van der Waals surface area (Å²) in [6.07, 6.45) is 0.532. The Bertz CT molecular complexity index is 393.